The quantitative estimate of drug-likeness (QED) is 0.457. The minimum Gasteiger partial charge on any atom is -0.292 e. The lowest BCUT2D eigenvalue weighted by molar-refractivity contribution is -0.169. The van der Waals surface area contributed by atoms with Gasteiger partial charge < -0.3 is 0 Å². The zero-order valence-electron chi connectivity index (χ0n) is 11.3. The van der Waals surface area contributed by atoms with Crippen molar-refractivity contribution in [1.82, 2.24) is 10.2 Å². The second kappa shape index (κ2) is 5.08. The SMILES string of the molecule is C=C1C(=O)N(C2(F)CCC(=O)NC2=O)C(=O)/C1=C/C=C\C. The van der Waals surface area contributed by atoms with Crippen LogP contribution < -0.4 is 5.32 Å². The van der Waals surface area contributed by atoms with E-state index in [-0.39, 0.29) is 22.5 Å². The van der Waals surface area contributed by atoms with Crippen LogP contribution in [0.2, 0.25) is 0 Å². The molecule has 2 aliphatic heterocycles. The van der Waals surface area contributed by atoms with Crippen molar-refractivity contribution < 1.29 is 23.6 Å². The second-order valence-corrected chi connectivity index (χ2v) is 4.67. The molecule has 0 radical (unpaired) electrons. The van der Waals surface area contributed by atoms with E-state index < -0.39 is 35.8 Å². The molecule has 0 aliphatic carbocycles. The molecule has 2 fully saturated rings. The van der Waals surface area contributed by atoms with Gasteiger partial charge in [0.2, 0.25) is 5.91 Å². The van der Waals surface area contributed by atoms with Gasteiger partial charge in [0.25, 0.3) is 23.5 Å². The maximum Gasteiger partial charge on any atom is 0.285 e. The Morgan fingerprint density at radius 1 is 1.29 bits per heavy atom. The predicted octanol–water partition coefficient (Wildman–Crippen LogP) is 0.516. The van der Waals surface area contributed by atoms with E-state index in [0.717, 1.165) is 0 Å². The molecule has 7 heteroatoms. The van der Waals surface area contributed by atoms with Crippen molar-refractivity contribution in [2.24, 2.45) is 0 Å². The Balaban J connectivity index is 2.43. The fourth-order valence-corrected chi connectivity index (χ4v) is 2.17. The first kappa shape index (κ1) is 14.8. The van der Waals surface area contributed by atoms with Crippen LogP contribution in [0.25, 0.3) is 0 Å². The average Bonchev–Trinajstić information content (AvgIpc) is 2.64. The highest BCUT2D eigenvalue weighted by atomic mass is 19.1. The molecule has 2 heterocycles. The van der Waals surface area contributed by atoms with E-state index in [1.54, 1.807) is 18.3 Å². The van der Waals surface area contributed by atoms with Gasteiger partial charge >= 0.3 is 0 Å². The number of carbonyl (C=O) groups is 4. The van der Waals surface area contributed by atoms with Crippen molar-refractivity contribution in [3.8, 4) is 0 Å². The maximum absolute atomic E-state index is 14.8. The van der Waals surface area contributed by atoms with Crippen LogP contribution >= 0.6 is 0 Å². The molecule has 0 aromatic heterocycles. The predicted molar refractivity (Wildman–Crippen MR) is 70.1 cm³/mol. The summed E-state index contributed by atoms with van der Waals surface area (Å²) in [7, 11) is 0. The average molecular weight is 292 g/mol. The van der Waals surface area contributed by atoms with E-state index >= 15 is 0 Å². The summed E-state index contributed by atoms with van der Waals surface area (Å²) >= 11 is 0. The molecule has 21 heavy (non-hydrogen) atoms. The largest absolute Gasteiger partial charge is 0.292 e. The van der Waals surface area contributed by atoms with Gasteiger partial charge in [-0.25, -0.2) is 9.29 Å². The molecule has 0 aromatic carbocycles. The van der Waals surface area contributed by atoms with Gasteiger partial charge in [0.1, 0.15) is 0 Å². The van der Waals surface area contributed by atoms with Crippen LogP contribution in [0, 0.1) is 0 Å². The number of halogens is 1. The summed E-state index contributed by atoms with van der Waals surface area (Å²) in [4.78, 5) is 47.3. The van der Waals surface area contributed by atoms with Crippen molar-refractivity contribution in [2.75, 3.05) is 0 Å². The van der Waals surface area contributed by atoms with Gasteiger partial charge in [-0.3, -0.25) is 24.5 Å². The van der Waals surface area contributed by atoms with Gasteiger partial charge in [0, 0.05) is 18.4 Å². The van der Waals surface area contributed by atoms with E-state index in [0.29, 0.717) is 0 Å². The summed E-state index contributed by atoms with van der Waals surface area (Å²) in [6.07, 6.45) is 3.61. The summed E-state index contributed by atoms with van der Waals surface area (Å²) in [6.45, 7) is 5.16. The standard InChI is InChI=1S/C14H13FN2O4/c1-3-4-5-9-8(2)11(19)17(12(9)20)14(15)7-6-10(18)16-13(14)21/h3-5H,2,6-7H2,1H3,(H,16,18,21)/b4-3-,9-5+. The highest BCUT2D eigenvalue weighted by Crippen LogP contribution is 2.35. The van der Waals surface area contributed by atoms with Crippen LogP contribution in [0.15, 0.2) is 36.0 Å². The number of likely N-dealkylation sites (tertiary alicyclic amines) is 1. The molecule has 2 rings (SSSR count). The van der Waals surface area contributed by atoms with Crippen molar-refractivity contribution in [3.63, 3.8) is 0 Å². The Kier molecular flexibility index (Phi) is 3.59. The third-order valence-electron chi connectivity index (χ3n) is 3.31. The summed E-state index contributed by atoms with van der Waals surface area (Å²) < 4.78 is 14.8. The summed E-state index contributed by atoms with van der Waals surface area (Å²) in [5, 5.41) is 1.80. The van der Waals surface area contributed by atoms with Gasteiger partial charge in [-0.05, 0) is 13.0 Å². The van der Waals surface area contributed by atoms with Crippen LogP contribution in [0.4, 0.5) is 4.39 Å². The number of hydrogen-bond donors (Lipinski definition) is 1. The van der Waals surface area contributed by atoms with Crippen molar-refractivity contribution in [2.45, 2.75) is 25.6 Å². The number of alkyl halides is 1. The first-order valence-electron chi connectivity index (χ1n) is 6.27. The number of carbonyl (C=O) groups excluding carboxylic acids is 4. The summed E-state index contributed by atoms with van der Waals surface area (Å²) in [5.41, 5.74) is -0.250. The van der Waals surface area contributed by atoms with Crippen LogP contribution in [0.1, 0.15) is 19.8 Å². The number of rotatable bonds is 2. The molecule has 1 N–H and O–H groups in total. The minimum absolute atomic E-state index is 0.0696. The summed E-state index contributed by atoms with van der Waals surface area (Å²) in [5.74, 6) is -6.72. The monoisotopic (exact) mass is 292 g/mol. The number of piperidine rings is 1. The highest BCUT2D eigenvalue weighted by Gasteiger charge is 2.57. The van der Waals surface area contributed by atoms with Crippen molar-refractivity contribution in [1.29, 1.82) is 0 Å². The molecular formula is C14H13FN2O4. The molecule has 1 atom stereocenters. The normalized spacial score (nSPS) is 29.0. The van der Waals surface area contributed by atoms with Gasteiger partial charge in [-0.15, -0.1) is 0 Å². The molecule has 2 aliphatic rings. The van der Waals surface area contributed by atoms with Gasteiger partial charge in [0.05, 0.1) is 5.57 Å². The number of imide groups is 2. The molecule has 6 nitrogen and oxygen atoms in total. The van der Waals surface area contributed by atoms with Gasteiger partial charge in [-0.1, -0.05) is 18.7 Å². The second-order valence-electron chi connectivity index (χ2n) is 4.67. The highest BCUT2D eigenvalue weighted by molar-refractivity contribution is 6.26. The third kappa shape index (κ3) is 2.20. The fourth-order valence-electron chi connectivity index (χ4n) is 2.17. The number of hydrogen-bond acceptors (Lipinski definition) is 4. The Morgan fingerprint density at radius 3 is 2.52 bits per heavy atom. The Hall–Kier alpha value is -2.57. The number of allylic oxidation sites excluding steroid dienone is 3. The number of nitrogens with one attached hydrogen (secondary N) is 1. The number of nitrogens with zero attached hydrogens (tertiary/aromatic N) is 1. The summed E-state index contributed by atoms with van der Waals surface area (Å²) in [6, 6.07) is 0. The molecular weight excluding hydrogens is 279 g/mol. The Labute approximate surface area is 120 Å². The van der Waals surface area contributed by atoms with Crippen molar-refractivity contribution >= 4 is 23.6 Å². The van der Waals surface area contributed by atoms with Crippen molar-refractivity contribution in [3.05, 3.63) is 36.0 Å². The molecule has 0 saturated carbocycles. The lowest BCUT2D eigenvalue weighted by atomic mass is 10.0. The Morgan fingerprint density at radius 2 is 1.95 bits per heavy atom. The topological polar surface area (TPSA) is 83.6 Å². The molecule has 0 spiro atoms. The van der Waals surface area contributed by atoms with E-state index in [1.165, 1.54) is 12.2 Å². The van der Waals surface area contributed by atoms with Crippen LogP contribution in [-0.4, -0.2) is 34.3 Å². The molecule has 1 unspecified atom stereocenters. The minimum atomic E-state index is -2.86. The molecule has 4 amide bonds. The maximum atomic E-state index is 14.8. The van der Waals surface area contributed by atoms with E-state index in [2.05, 4.69) is 6.58 Å². The third-order valence-corrected chi connectivity index (χ3v) is 3.31. The Bertz CT molecular complexity index is 635. The van der Waals surface area contributed by atoms with Gasteiger partial charge in [0.15, 0.2) is 0 Å². The zero-order chi connectivity index (χ0) is 15.8. The molecule has 110 valence electrons. The molecule has 0 aromatic rings. The van der Waals surface area contributed by atoms with E-state index in [1.807, 2.05) is 0 Å². The lowest BCUT2D eigenvalue weighted by Crippen LogP contribution is -2.61. The first-order chi connectivity index (χ1) is 9.82. The smallest absolute Gasteiger partial charge is 0.285 e. The number of amides is 4. The molecule has 2 saturated heterocycles. The van der Waals surface area contributed by atoms with Gasteiger partial charge in [-0.2, -0.15) is 0 Å². The zero-order valence-corrected chi connectivity index (χ0v) is 11.3. The first-order valence-corrected chi connectivity index (χ1v) is 6.27. The van der Waals surface area contributed by atoms with E-state index in [9.17, 15) is 23.6 Å². The fraction of sp³-hybridized carbons (Fsp3) is 0.286. The lowest BCUT2D eigenvalue weighted by Gasteiger charge is -2.33. The molecule has 0 bridgehead atoms. The van der Waals surface area contributed by atoms with Crippen LogP contribution in [0.5, 0.6) is 0 Å². The van der Waals surface area contributed by atoms with Crippen LogP contribution in [0.3, 0.4) is 0 Å². The van der Waals surface area contributed by atoms with E-state index in [4.69, 9.17) is 0 Å². The van der Waals surface area contributed by atoms with Crippen LogP contribution in [-0.2, 0) is 19.2 Å².